The van der Waals surface area contributed by atoms with Crippen LogP contribution in [0.1, 0.15) is 34.6 Å². The zero-order valence-corrected chi connectivity index (χ0v) is 8.92. The molecule has 0 saturated carbocycles. The molecule has 1 unspecified atom stereocenters. The molecule has 11 heavy (non-hydrogen) atoms. The molecule has 0 fully saturated rings. The maximum atomic E-state index is 11.5. The number of hydrogen-bond donors (Lipinski definition) is 0. The van der Waals surface area contributed by atoms with Gasteiger partial charge in [0.15, 0.2) is 0 Å². The fourth-order valence-corrected chi connectivity index (χ4v) is 1.52. The monoisotopic (exact) mass is 174 g/mol. The summed E-state index contributed by atoms with van der Waals surface area (Å²) in [6.45, 7) is 10.0. The molecular weight excluding hydrogens is 156 g/mol. The van der Waals surface area contributed by atoms with E-state index < -0.39 is 10.8 Å². The molecule has 0 heterocycles. The van der Waals surface area contributed by atoms with E-state index in [-0.39, 0.29) is 4.75 Å². The Hall–Kier alpha value is -0.110. The molecule has 0 saturated heterocycles. The van der Waals surface area contributed by atoms with Gasteiger partial charge in [-0.15, -0.1) is 0 Å². The lowest BCUT2D eigenvalue weighted by Crippen LogP contribution is -2.24. The van der Waals surface area contributed by atoms with Gasteiger partial charge in [-0.25, -0.2) is 0 Å². The van der Waals surface area contributed by atoms with E-state index in [1.165, 1.54) is 5.57 Å². The first-order valence-corrected chi connectivity index (χ1v) is 5.20. The Labute approximate surface area is 72.3 Å². The first-order chi connectivity index (χ1) is 4.88. The van der Waals surface area contributed by atoms with Crippen molar-refractivity contribution in [1.29, 1.82) is 0 Å². The van der Waals surface area contributed by atoms with Gasteiger partial charge in [-0.3, -0.25) is 4.21 Å². The fourth-order valence-electron chi connectivity index (χ4n) is 0.507. The molecule has 1 nitrogen and oxygen atoms in total. The lowest BCUT2D eigenvalue weighted by Gasteiger charge is -2.17. The third-order valence-electron chi connectivity index (χ3n) is 1.53. The van der Waals surface area contributed by atoms with Gasteiger partial charge in [0.2, 0.25) is 0 Å². The quantitative estimate of drug-likeness (QED) is 0.588. The third-order valence-corrected chi connectivity index (χ3v) is 3.62. The molecule has 0 bridgehead atoms. The van der Waals surface area contributed by atoms with Crippen molar-refractivity contribution in [2.24, 2.45) is 0 Å². The summed E-state index contributed by atoms with van der Waals surface area (Å²) in [5.74, 6) is 0.708. The molecular formula is C9H18OS. The van der Waals surface area contributed by atoms with Crippen molar-refractivity contribution in [3.63, 3.8) is 0 Å². The van der Waals surface area contributed by atoms with E-state index in [0.717, 1.165) is 0 Å². The normalized spacial score (nSPS) is 16.6. The molecule has 0 aromatic rings. The van der Waals surface area contributed by atoms with E-state index in [1.54, 1.807) is 0 Å². The van der Waals surface area contributed by atoms with Crippen molar-refractivity contribution >= 4 is 10.8 Å². The summed E-state index contributed by atoms with van der Waals surface area (Å²) in [6.07, 6.45) is 2.02. The standard InChI is InChI=1S/C9H18OS/c1-6-8(2)7-11(10)9(3,4)5/h6H,7H2,1-5H3/b8-6+. The zero-order chi connectivity index (χ0) is 9.07. The predicted molar refractivity (Wildman–Crippen MR) is 52.2 cm³/mol. The first kappa shape index (κ1) is 10.9. The van der Waals surface area contributed by atoms with E-state index >= 15 is 0 Å². The molecule has 0 spiro atoms. The second-order valence-electron chi connectivity index (χ2n) is 3.74. The molecule has 0 N–H and O–H groups in total. The lowest BCUT2D eigenvalue weighted by atomic mass is 10.3. The molecule has 0 aliphatic carbocycles. The largest absolute Gasteiger partial charge is 0.259 e. The van der Waals surface area contributed by atoms with E-state index in [2.05, 4.69) is 0 Å². The minimum Gasteiger partial charge on any atom is -0.259 e. The number of allylic oxidation sites excluding steroid dienone is 1. The summed E-state index contributed by atoms with van der Waals surface area (Å²) in [7, 11) is -0.736. The van der Waals surface area contributed by atoms with Gasteiger partial charge in [0.1, 0.15) is 0 Å². The highest BCUT2D eigenvalue weighted by molar-refractivity contribution is 7.86. The van der Waals surface area contributed by atoms with Crippen LogP contribution in [0.5, 0.6) is 0 Å². The van der Waals surface area contributed by atoms with E-state index in [1.807, 2.05) is 40.7 Å². The first-order valence-electron chi connectivity index (χ1n) is 3.88. The van der Waals surface area contributed by atoms with Gasteiger partial charge in [-0.1, -0.05) is 11.6 Å². The minimum absolute atomic E-state index is 0.0791. The summed E-state index contributed by atoms with van der Waals surface area (Å²) in [5.41, 5.74) is 1.21. The van der Waals surface area contributed by atoms with E-state index in [4.69, 9.17) is 0 Å². The van der Waals surface area contributed by atoms with E-state index in [9.17, 15) is 4.21 Å². The van der Waals surface area contributed by atoms with E-state index in [0.29, 0.717) is 5.75 Å². The molecule has 0 amide bonds. The molecule has 2 heteroatoms. The van der Waals surface area contributed by atoms with Crippen molar-refractivity contribution in [2.45, 2.75) is 39.4 Å². The summed E-state index contributed by atoms with van der Waals surface area (Å²) >= 11 is 0. The van der Waals surface area contributed by atoms with Crippen LogP contribution in [-0.2, 0) is 10.8 Å². The average Bonchev–Trinajstić information content (AvgIpc) is 1.85. The van der Waals surface area contributed by atoms with Crippen molar-refractivity contribution in [3.05, 3.63) is 11.6 Å². The summed E-state index contributed by atoms with van der Waals surface area (Å²) in [6, 6.07) is 0. The fraction of sp³-hybridized carbons (Fsp3) is 0.778. The highest BCUT2D eigenvalue weighted by atomic mass is 32.2. The van der Waals surface area contributed by atoms with Crippen molar-refractivity contribution in [1.82, 2.24) is 0 Å². The number of rotatable bonds is 2. The molecule has 0 aliphatic rings. The molecule has 1 atom stereocenters. The van der Waals surface area contributed by atoms with Gasteiger partial charge in [-0.2, -0.15) is 0 Å². The molecule has 0 radical (unpaired) electrons. The van der Waals surface area contributed by atoms with Gasteiger partial charge in [0.05, 0.1) is 0 Å². The topological polar surface area (TPSA) is 17.1 Å². The van der Waals surface area contributed by atoms with Crippen LogP contribution in [0.25, 0.3) is 0 Å². The van der Waals surface area contributed by atoms with Crippen LogP contribution in [0, 0.1) is 0 Å². The highest BCUT2D eigenvalue weighted by Gasteiger charge is 2.18. The molecule has 0 aromatic heterocycles. The molecule has 0 rings (SSSR count). The second kappa shape index (κ2) is 4.05. The molecule has 0 aliphatic heterocycles. The Morgan fingerprint density at radius 2 is 1.91 bits per heavy atom. The Morgan fingerprint density at radius 3 is 2.18 bits per heavy atom. The van der Waals surface area contributed by atoms with Gasteiger partial charge in [0, 0.05) is 21.3 Å². The SMILES string of the molecule is C/C=C(\C)CS(=O)C(C)(C)C. The summed E-state index contributed by atoms with van der Waals surface area (Å²) in [5, 5.41) is 0. The third kappa shape index (κ3) is 4.35. The van der Waals surface area contributed by atoms with Gasteiger partial charge in [-0.05, 0) is 34.6 Å². The van der Waals surface area contributed by atoms with Gasteiger partial charge < -0.3 is 0 Å². The van der Waals surface area contributed by atoms with Gasteiger partial charge in [0.25, 0.3) is 0 Å². The Bertz CT molecular complexity index is 174. The summed E-state index contributed by atoms with van der Waals surface area (Å²) in [4.78, 5) is 0. The summed E-state index contributed by atoms with van der Waals surface area (Å²) < 4.78 is 11.4. The predicted octanol–water partition coefficient (Wildman–Crippen LogP) is 2.50. The maximum Gasteiger partial charge on any atom is 0.0447 e. The molecule has 0 aromatic carbocycles. The van der Waals surface area contributed by atoms with Crippen molar-refractivity contribution < 1.29 is 4.21 Å². The average molecular weight is 174 g/mol. The van der Waals surface area contributed by atoms with Crippen LogP contribution < -0.4 is 0 Å². The second-order valence-corrected chi connectivity index (χ2v) is 5.94. The zero-order valence-electron chi connectivity index (χ0n) is 8.10. The van der Waals surface area contributed by atoms with Crippen molar-refractivity contribution in [2.75, 3.05) is 5.75 Å². The number of hydrogen-bond acceptors (Lipinski definition) is 1. The van der Waals surface area contributed by atoms with Crippen LogP contribution in [-0.4, -0.2) is 14.7 Å². The minimum atomic E-state index is -0.736. The van der Waals surface area contributed by atoms with Crippen LogP contribution in [0.4, 0.5) is 0 Å². The Morgan fingerprint density at radius 1 is 1.45 bits per heavy atom. The Balaban J connectivity index is 4.10. The van der Waals surface area contributed by atoms with Crippen LogP contribution >= 0.6 is 0 Å². The lowest BCUT2D eigenvalue weighted by molar-refractivity contribution is 0.650. The molecule has 66 valence electrons. The smallest absolute Gasteiger partial charge is 0.0447 e. The van der Waals surface area contributed by atoms with Crippen molar-refractivity contribution in [3.8, 4) is 0 Å². The van der Waals surface area contributed by atoms with Crippen LogP contribution in [0.3, 0.4) is 0 Å². The Kier molecular flexibility index (Phi) is 4.01. The van der Waals surface area contributed by atoms with Crippen LogP contribution in [0.2, 0.25) is 0 Å². The highest BCUT2D eigenvalue weighted by Crippen LogP contribution is 2.13. The van der Waals surface area contributed by atoms with Gasteiger partial charge >= 0.3 is 0 Å². The van der Waals surface area contributed by atoms with Crippen LogP contribution in [0.15, 0.2) is 11.6 Å². The maximum absolute atomic E-state index is 11.5.